The number of carboxylic acid groups (broad SMARTS) is 1. The number of hydrogen-bond acceptors (Lipinski definition) is 7. The predicted molar refractivity (Wildman–Crippen MR) is 127 cm³/mol. The zero-order chi connectivity index (χ0) is 23.7. The van der Waals surface area contributed by atoms with E-state index in [1.54, 1.807) is 12.1 Å². The monoisotopic (exact) mass is 490 g/mol. The number of sulfone groups is 1. The minimum atomic E-state index is -3.85. The smallest absolute Gasteiger partial charge is 0.216 e. The van der Waals surface area contributed by atoms with Gasteiger partial charge in [-0.1, -0.05) is 72.8 Å². The molecule has 0 aliphatic heterocycles. The molecular weight excluding hydrogens is 470 g/mol. The molecule has 0 saturated carbocycles. The minimum absolute atomic E-state index is 0.0733. The molecule has 6 nitrogen and oxygen atoms in total. The van der Waals surface area contributed by atoms with Gasteiger partial charge in [0, 0.05) is 16.0 Å². The van der Waals surface area contributed by atoms with Crippen molar-refractivity contribution in [3.8, 4) is 17.0 Å². The maximum Gasteiger partial charge on any atom is 0.216 e. The highest BCUT2D eigenvalue weighted by Crippen LogP contribution is 2.44. The number of carboxylic acids is 1. The molecule has 1 aliphatic rings. The van der Waals surface area contributed by atoms with Crippen molar-refractivity contribution in [1.82, 2.24) is 4.98 Å². The second kappa shape index (κ2) is 9.04. The van der Waals surface area contributed by atoms with E-state index in [0.717, 1.165) is 16.0 Å². The van der Waals surface area contributed by atoms with Crippen LogP contribution in [0.5, 0.6) is 5.75 Å². The van der Waals surface area contributed by atoms with Crippen molar-refractivity contribution in [2.45, 2.75) is 22.4 Å². The van der Waals surface area contributed by atoms with Gasteiger partial charge in [0.1, 0.15) is 17.6 Å². The number of thiazole rings is 1. The summed E-state index contributed by atoms with van der Waals surface area (Å²) < 4.78 is 33.4. The van der Waals surface area contributed by atoms with Crippen molar-refractivity contribution in [1.29, 1.82) is 0 Å². The third-order valence-corrected chi connectivity index (χ3v) is 9.37. The zero-order valence-electron chi connectivity index (χ0n) is 18.0. The number of aromatic nitrogens is 1. The molecule has 0 saturated heterocycles. The SMILES string of the molecule is O=C([O-])COc1cccc2c1CCc1sc(S(=O)(=O)C(c3ccccc3)c3ccccc3)nc1-2. The lowest BCUT2D eigenvalue weighted by molar-refractivity contribution is -0.307. The van der Waals surface area contributed by atoms with Crippen molar-refractivity contribution in [2.24, 2.45) is 0 Å². The Balaban J connectivity index is 1.59. The highest BCUT2D eigenvalue weighted by molar-refractivity contribution is 7.93. The van der Waals surface area contributed by atoms with E-state index in [1.807, 2.05) is 66.7 Å². The number of hydrogen-bond donors (Lipinski definition) is 0. The van der Waals surface area contributed by atoms with Gasteiger partial charge >= 0.3 is 0 Å². The Hall–Kier alpha value is -3.49. The molecular formula is C26H20NO5S2-. The first-order chi connectivity index (χ1) is 16.4. The summed E-state index contributed by atoms with van der Waals surface area (Å²) in [4.78, 5) is 16.3. The third kappa shape index (κ3) is 4.10. The summed E-state index contributed by atoms with van der Waals surface area (Å²) in [5.74, 6) is -0.847. The summed E-state index contributed by atoms with van der Waals surface area (Å²) in [5, 5.41) is 9.96. The lowest BCUT2D eigenvalue weighted by Crippen LogP contribution is -2.29. The van der Waals surface area contributed by atoms with Crippen LogP contribution in [0, 0.1) is 0 Å². The van der Waals surface area contributed by atoms with Gasteiger partial charge in [-0.2, -0.15) is 0 Å². The molecule has 5 rings (SSSR count). The summed E-state index contributed by atoms with van der Waals surface area (Å²) in [5.41, 5.74) is 3.57. The fraction of sp³-hybridized carbons (Fsp3) is 0.154. The molecule has 0 spiro atoms. The third-order valence-electron chi connectivity index (χ3n) is 5.77. The maximum absolute atomic E-state index is 14.0. The normalized spacial score (nSPS) is 12.7. The van der Waals surface area contributed by atoms with Gasteiger partial charge in [0.05, 0.1) is 11.7 Å². The Labute approximate surface area is 201 Å². The largest absolute Gasteiger partial charge is 0.546 e. The summed E-state index contributed by atoms with van der Waals surface area (Å²) in [6, 6.07) is 23.6. The van der Waals surface area contributed by atoms with E-state index in [2.05, 4.69) is 4.98 Å². The average Bonchev–Trinajstić information content (AvgIpc) is 3.30. The number of fused-ring (bicyclic) bond motifs is 3. The maximum atomic E-state index is 14.0. The van der Waals surface area contributed by atoms with Crippen molar-refractivity contribution < 1.29 is 23.1 Å². The van der Waals surface area contributed by atoms with Crippen LogP contribution in [-0.4, -0.2) is 26.0 Å². The predicted octanol–water partition coefficient (Wildman–Crippen LogP) is 3.60. The Morgan fingerprint density at radius 2 is 1.59 bits per heavy atom. The van der Waals surface area contributed by atoms with Crippen LogP contribution in [0.1, 0.15) is 26.8 Å². The fourth-order valence-corrected chi connectivity index (χ4v) is 7.61. The molecule has 1 heterocycles. The Morgan fingerprint density at radius 3 is 2.21 bits per heavy atom. The molecule has 0 fully saturated rings. The first-order valence-corrected chi connectivity index (χ1v) is 13.1. The van der Waals surface area contributed by atoms with Gasteiger partial charge in [-0.05, 0) is 30.0 Å². The van der Waals surface area contributed by atoms with E-state index in [4.69, 9.17) is 4.74 Å². The van der Waals surface area contributed by atoms with Gasteiger partial charge in [-0.15, -0.1) is 11.3 Å². The number of ether oxygens (including phenoxy) is 1. The zero-order valence-corrected chi connectivity index (χ0v) is 19.6. The van der Waals surface area contributed by atoms with Gasteiger partial charge < -0.3 is 14.6 Å². The second-order valence-electron chi connectivity index (χ2n) is 7.94. The van der Waals surface area contributed by atoms with Crippen LogP contribution < -0.4 is 9.84 Å². The Kier molecular flexibility index (Phi) is 5.93. The van der Waals surface area contributed by atoms with E-state index in [0.29, 0.717) is 35.4 Å². The highest BCUT2D eigenvalue weighted by atomic mass is 32.2. The van der Waals surface area contributed by atoms with Gasteiger partial charge in [0.15, 0.2) is 0 Å². The Bertz CT molecular complexity index is 1410. The van der Waals surface area contributed by atoms with E-state index >= 15 is 0 Å². The molecule has 1 aliphatic carbocycles. The molecule has 0 N–H and O–H groups in total. The van der Waals surface area contributed by atoms with Gasteiger partial charge in [-0.3, -0.25) is 0 Å². The first kappa shape index (κ1) is 22.3. The van der Waals surface area contributed by atoms with Crippen LogP contribution >= 0.6 is 11.3 Å². The molecule has 0 radical (unpaired) electrons. The quantitative estimate of drug-likeness (QED) is 0.393. The van der Waals surface area contributed by atoms with Crippen LogP contribution in [0.15, 0.2) is 83.2 Å². The van der Waals surface area contributed by atoms with Gasteiger partial charge in [0.2, 0.25) is 14.2 Å². The van der Waals surface area contributed by atoms with Crippen LogP contribution in [0.4, 0.5) is 0 Å². The van der Waals surface area contributed by atoms with Crippen molar-refractivity contribution in [2.75, 3.05) is 6.61 Å². The number of aliphatic carboxylic acids is 1. The van der Waals surface area contributed by atoms with E-state index in [9.17, 15) is 18.3 Å². The van der Waals surface area contributed by atoms with Gasteiger partial charge in [0.25, 0.3) is 0 Å². The first-order valence-electron chi connectivity index (χ1n) is 10.7. The summed E-state index contributed by atoms with van der Waals surface area (Å²) in [6.07, 6.45) is 1.20. The number of nitrogens with zero attached hydrogens (tertiary/aromatic N) is 1. The molecule has 172 valence electrons. The number of carbonyl (C=O) groups is 1. The molecule has 8 heteroatoms. The van der Waals surface area contributed by atoms with E-state index in [1.165, 1.54) is 11.3 Å². The topological polar surface area (TPSA) is 96.4 Å². The summed E-state index contributed by atoms with van der Waals surface area (Å²) >= 11 is 1.20. The van der Waals surface area contributed by atoms with E-state index in [-0.39, 0.29) is 4.34 Å². The van der Waals surface area contributed by atoms with Crippen LogP contribution in [0.2, 0.25) is 0 Å². The average molecular weight is 491 g/mol. The highest BCUT2D eigenvalue weighted by Gasteiger charge is 2.35. The van der Waals surface area contributed by atoms with Crippen LogP contribution in [-0.2, 0) is 27.5 Å². The number of carbonyl (C=O) groups excluding carboxylic acids is 1. The fourth-order valence-electron chi connectivity index (χ4n) is 4.29. The molecule has 0 amide bonds. The number of rotatable bonds is 7. The van der Waals surface area contributed by atoms with Crippen LogP contribution in [0.25, 0.3) is 11.3 Å². The van der Waals surface area contributed by atoms with E-state index < -0.39 is 27.7 Å². The van der Waals surface area contributed by atoms with Crippen LogP contribution in [0.3, 0.4) is 0 Å². The lowest BCUT2D eigenvalue weighted by Gasteiger charge is -2.19. The molecule has 34 heavy (non-hydrogen) atoms. The standard InChI is InChI=1S/C26H21NO5S2/c28-23(29)16-32-21-13-7-12-20-19(21)14-15-22-24(20)27-26(33-22)34(30,31)25(17-8-3-1-4-9-17)18-10-5-2-6-11-18/h1-13,25H,14-16H2,(H,28,29)/p-1. The molecule has 3 aromatic carbocycles. The molecule has 1 aromatic heterocycles. The minimum Gasteiger partial charge on any atom is -0.546 e. The van der Waals surface area contributed by atoms with Crippen molar-refractivity contribution in [3.63, 3.8) is 0 Å². The number of benzene rings is 3. The van der Waals surface area contributed by atoms with Gasteiger partial charge in [-0.25, -0.2) is 13.4 Å². The molecule has 0 bridgehead atoms. The molecule has 0 atom stereocenters. The molecule has 4 aromatic rings. The summed E-state index contributed by atoms with van der Waals surface area (Å²) in [7, 11) is -3.85. The lowest BCUT2D eigenvalue weighted by atomic mass is 9.93. The van der Waals surface area contributed by atoms with Crippen molar-refractivity contribution >= 4 is 27.1 Å². The Morgan fingerprint density at radius 1 is 0.941 bits per heavy atom. The van der Waals surface area contributed by atoms with Crippen molar-refractivity contribution in [3.05, 3.63) is 100 Å². The molecule has 0 unspecified atom stereocenters. The number of aryl methyl sites for hydroxylation is 1. The summed E-state index contributed by atoms with van der Waals surface area (Å²) in [6.45, 7) is -0.546. The second-order valence-corrected chi connectivity index (χ2v) is 11.2.